The van der Waals surface area contributed by atoms with Crippen LogP contribution in [0.1, 0.15) is 30.9 Å². The number of benzene rings is 1. The zero-order valence-corrected chi connectivity index (χ0v) is 9.96. The van der Waals surface area contributed by atoms with Crippen molar-refractivity contribution in [3.05, 3.63) is 42.0 Å². The van der Waals surface area contributed by atoms with Gasteiger partial charge in [-0.15, -0.1) is 6.58 Å². The van der Waals surface area contributed by atoms with Crippen molar-refractivity contribution in [1.82, 2.24) is 0 Å². The van der Waals surface area contributed by atoms with Crippen LogP contribution in [-0.4, -0.2) is 6.04 Å². The van der Waals surface area contributed by atoms with Gasteiger partial charge in [-0.25, -0.2) is 0 Å². The Morgan fingerprint density at radius 1 is 1.56 bits per heavy atom. The van der Waals surface area contributed by atoms with Crippen LogP contribution in [0.3, 0.4) is 0 Å². The molecule has 1 unspecified atom stereocenters. The molecule has 2 heteroatoms. The van der Waals surface area contributed by atoms with Crippen LogP contribution in [-0.2, 0) is 0 Å². The average molecular weight is 214 g/mol. The molecular formula is C14H18N2. The lowest BCUT2D eigenvalue weighted by molar-refractivity contribution is 0.718. The second-order valence-electron chi connectivity index (χ2n) is 4.00. The summed E-state index contributed by atoms with van der Waals surface area (Å²) < 4.78 is 0. The Kier molecular flexibility index (Phi) is 4.60. The van der Waals surface area contributed by atoms with Gasteiger partial charge in [-0.3, -0.25) is 0 Å². The van der Waals surface area contributed by atoms with Crippen LogP contribution in [0.4, 0.5) is 5.69 Å². The van der Waals surface area contributed by atoms with Crippen molar-refractivity contribution in [2.24, 2.45) is 0 Å². The second-order valence-corrected chi connectivity index (χ2v) is 4.00. The quantitative estimate of drug-likeness (QED) is 0.760. The van der Waals surface area contributed by atoms with Crippen molar-refractivity contribution in [2.45, 2.75) is 32.7 Å². The van der Waals surface area contributed by atoms with Gasteiger partial charge < -0.3 is 5.32 Å². The average Bonchev–Trinajstić information content (AvgIpc) is 2.29. The van der Waals surface area contributed by atoms with Crippen LogP contribution in [0.25, 0.3) is 0 Å². The predicted octanol–water partition coefficient (Wildman–Crippen LogP) is 3.63. The van der Waals surface area contributed by atoms with Gasteiger partial charge in [0.2, 0.25) is 0 Å². The molecule has 0 bridgehead atoms. The molecular weight excluding hydrogens is 196 g/mol. The van der Waals surface area contributed by atoms with E-state index in [-0.39, 0.29) is 0 Å². The van der Waals surface area contributed by atoms with E-state index in [2.05, 4.69) is 24.9 Å². The predicted molar refractivity (Wildman–Crippen MR) is 68.4 cm³/mol. The van der Waals surface area contributed by atoms with E-state index in [0.717, 1.165) is 29.7 Å². The molecule has 1 aromatic carbocycles. The summed E-state index contributed by atoms with van der Waals surface area (Å²) in [6.07, 6.45) is 3.99. The molecule has 84 valence electrons. The van der Waals surface area contributed by atoms with Crippen molar-refractivity contribution in [3.63, 3.8) is 0 Å². The number of nitriles is 1. The topological polar surface area (TPSA) is 35.8 Å². The van der Waals surface area contributed by atoms with Crippen LogP contribution in [0.2, 0.25) is 0 Å². The van der Waals surface area contributed by atoms with Crippen molar-refractivity contribution in [1.29, 1.82) is 5.26 Å². The minimum absolute atomic E-state index is 0.394. The lowest BCUT2D eigenvalue weighted by atomic mass is 10.1. The van der Waals surface area contributed by atoms with E-state index in [1.54, 1.807) is 0 Å². The van der Waals surface area contributed by atoms with Gasteiger partial charge in [-0.05, 0) is 44.4 Å². The fraction of sp³-hybridized carbons (Fsp3) is 0.357. The molecule has 0 aliphatic rings. The molecule has 1 rings (SSSR count). The summed E-state index contributed by atoms with van der Waals surface area (Å²) in [6.45, 7) is 7.83. The van der Waals surface area contributed by atoms with Crippen LogP contribution < -0.4 is 5.32 Å². The van der Waals surface area contributed by atoms with Gasteiger partial charge in [0.15, 0.2) is 0 Å². The van der Waals surface area contributed by atoms with Crippen LogP contribution in [0, 0.1) is 18.3 Å². The fourth-order valence-corrected chi connectivity index (χ4v) is 1.62. The number of hydrogen-bond acceptors (Lipinski definition) is 2. The zero-order chi connectivity index (χ0) is 12.0. The van der Waals surface area contributed by atoms with Gasteiger partial charge >= 0.3 is 0 Å². The Hall–Kier alpha value is -1.75. The Bertz CT molecular complexity index is 402. The molecule has 16 heavy (non-hydrogen) atoms. The number of anilines is 1. The largest absolute Gasteiger partial charge is 0.382 e. The standard InChI is InChI=1S/C14H18N2/c1-4-5-7-11(2)16-14-9-6-8-13(10-15)12(14)3/h4,6,8-9,11,16H,1,5,7H2,2-3H3. The molecule has 2 nitrogen and oxygen atoms in total. The molecule has 0 heterocycles. The Morgan fingerprint density at radius 2 is 2.31 bits per heavy atom. The van der Waals surface area contributed by atoms with E-state index in [0.29, 0.717) is 6.04 Å². The summed E-state index contributed by atoms with van der Waals surface area (Å²) in [5.41, 5.74) is 2.81. The summed E-state index contributed by atoms with van der Waals surface area (Å²) in [4.78, 5) is 0. The van der Waals surface area contributed by atoms with Gasteiger partial charge in [0.25, 0.3) is 0 Å². The van der Waals surface area contributed by atoms with E-state index >= 15 is 0 Å². The summed E-state index contributed by atoms with van der Waals surface area (Å²) in [5, 5.41) is 12.3. The van der Waals surface area contributed by atoms with Gasteiger partial charge in [0, 0.05) is 11.7 Å². The number of rotatable bonds is 5. The minimum atomic E-state index is 0.394. The highest BCUT2D eigenvalue weighted by molar-refractivity contribution is 5.57. The van der Waals surface area contributed by atoms with E-state index in [1.807, 2.05) is 31.2 Å². The van der Waals surface area contributed by atoms with Crippen LogP contribution >= 0.6 is 0 Å². The van der Waals surface area contributed by atoms with Gasteiger partial charge in [0.05, 0.1) is 11.6 Å². The molecule has 0 fully saturated rings. The third-order valence-electron chi connectivity index (χ3n) is 2.66. The third kappa shape index (κ3) is 3.13. The van der Waals surface area contributed by atoms with E-state index < -0.39 is 0 Å². The first-order chi connectivity index (χ1) is 7.69. The number of nitrogens with one attached hydrogen (secondary N) is 1. The molecule has 0 spiro atoms. The number of nitrogens with zero attached hydrogens (tertiary/aromatic N) is 1. The monoisotopic (exact) mass is 214 g/mol. The minimum Gasteiger partial charge on any atom is -0.382 e. The summed E-state index contributed by atoms with van der Waals surface area (Å²) in [6, 6.07) is 8.36. The summed E-state index contributed by atoms with van der Waals surface area (Å²) in [7, 11) is 0. The maximum atomic E-state index is 8.93. The SMILES string of the molecule is C=CCCC(C)Nc1cccc(C#N)c1C. The summed E-state index contributed by atoms with van der Waals surface area (Å²) in [5.74, 6) is 0. The van der Waals surface area contributed by atoms with Gasteiger partial charge in [0.1, 0.15) is 0 Å². The number of hydrogen-bond donors (Lipinski definition) is 1. The Morgan fingerprint density at radius 3 is 2.94 bits per heavy atom. The fourth-order valence-electron chi connectivity index (χ4n) is 1.62. The number of allylic oxidation sites excluding steroid dienone is 1. The molecule has 0 aromatic heterocycles. The smallest absolute Gasteiger partial charge is 0.0995 e. The van der Waals surface area contributed by atoms with Crippen molar-refractivity contribution in [3.8, 4) is 6.07 Å². The molecule has 0 aliphatic carbocycles. The third-order valence-corrected chi connectivity index (χ3v) is 2.66. The van der Waals surface area contributed by atoms with Crippen LogP contribution in [0.5, 0.6) is 0 Å². The maximum absolute atomic E-state index is 8.93. The van der Waals surface area contributed by atoms with Crippen molar-refractivity contribution in [2.75, 3.05) is 5.32 Å². The van der Waals surface area contributed by atoms with E-state index in [1.165, 1.54) is 0 Å². The molecule has 1 N–H and O–H groups in total. The Labute approximate surface area is 97.6 Å². The molecule has 0 saturated heterocycles. The Balaban J connectivity index is 2.74. The lowest BCUT2D eigenvalue weighted by Crippen LogP contribution is -2.15. The van der Waals surface area contributed by atoms with Crippen molar-refractivity contribution >= 4 is 5.69 Å². The maximum Gasteiger partial charge on any atom is 0.0995 e. The highest BCUT2D eigenvalue weighted by atomic mass is 14.9. The normalized spacial score (nSPS) is 11.6. The highest BCUT2D eigenvalue weighted by Crippen LogP contribution is 2.19. The first-order valence-electron chi connectivity index (χ1n) is 5.56. The molecule has 0 amide bonds. The molecule has 1 aromatic rings. The lowest BCUT2D eigenvalue weighted by Gasteiger charge is -2.16. The van der Waals surface area contributed by atoms with Gasteiger partial charge in [-0.2, -0.15) is 5.26 Å². The molecule has 1 atom stereocenters. The van der Waals surface area contributed by atoms with Gasteiger partial charge in [-0.1, -0.05) is 12.1 Å². The molecule has 0 saturated carbocycles. The summed E-state index contributed by atoms with van der Waals surface area (Å²) >= 11 is 0. The second kappa shape index (κ2) is 5.97. The first kappa shape index (κ1) is 12.3. The zero-order valence-electron chi connectivity index (χ0n) is 9.96. The molecule has 0 aliphatic heterocycles. The van der Waals surface area contributed by atoms with Crippen LogP contribution in [0.15, 0.2) is 30.9 Å². The van der Waals surface area contributed by atoms with E-state index in [4.69, 9.17) is 5.26 Å². The van der Waals surface area contributed by atoms with E-state index in [9.17, 15) is 0 Å². The molecule has 0 radical (unpaired) electrons. The highest BCUT2D eigenvalue weighted by Gasteiger charge is 2.06. The first-order valence-corrected chi connectivity index (χ1v) is 5.56. The van der Waals surface area contributed by atoms with Crippen molar-refractivity contribution < 1.29 is 0 Å².